The normalized spacial score (nSPS) is 11.9. The van der Waals surface area contributed by atoms with E-state index in [4.69, 9.17) is 5.21 Å². The van der Waals surface area contributed by atoms with Gasteiger partial charge in [-0.2, -0.15) is 11.3 Å². The molecule has 2 aromatic heterocycles. The number of thiophene rings is 1. The molecule has 1 N–H and O–H groups in total. The summed E-state index contributed by atoms with van der Waals surface area (Å²) in [6.07, 6.45) is 3.35. The van der Waals surface area contributed by atoms with Crippen LogP contribution >= 0.6 is 11.3 Å². The number of hydrogen-bond acceptors (Lipinski definition) is 4. The molecule has 2 heterocycles. The molecule has 0 bridgehead atoms. The summed E-state index contributed by atoms with van der Waals surface area (Å²) in [6, 6.07) is 1.91. The van der Waals surface area contributed by atoms with Gasteiger partial charge in [0, 0.05) is 18.0 Å². The molecule has 0 aromatic carbocycles. The van der Waals surface area contributed by atoms with E-state index >= 15 is 0 Å². The van der Waals surface area contributed by atoms with Crippen LogP contribution in [0.25, 0.3) is 0 Å². The van der Waals surface area contributed by atoms with Crippen molar-refractivity contribution < 1.29 is 5.21 Å². The van der Waals surface area contributed by atoms with Crippen molar-refractivity contribution in [2.75, 3.05) is 0 Å². The van der Waals surface area contributed by atoms with E-state index in [9.17, 15) is 0 Å². The van der Waals surface area contributed by atoms with Crippen LogP contribution in [0.15, 0.2) is 34.5 Å². The summed E-state index contributed by atoms with van der Waals surface area (Å²) in [5.41, 5.74) is 2.25. The van der Waals surface area contributed by atoms with Crippen molar-refractivity contribution >= 4 is 17.0 Å². The molecular formula is C9H9N3OS. The van der Waals surface area contributed by atoms with Crippen LogP contribution in [0.3, 0.4) is 0 Å². The van der Waals surface area contributed by atoms with E-state index in [0.717, 1.165) is 11.3 Å². The van der Waals surface area contributed by atoms with Crippen LogP contribution in [0.5, 0.6) is 0 Å². The molecule has 2 aromatic rings. The summed E-state index contributed by atoms with van der Waals surface area (Å²) in [5, 5.41) is 16.1. The SMILES string of the molecule is Cn1cncc1/C(=N/O)c1ccsc1. The fourth-order valence-corrected chi connectivity index (χ4v) is 1.88. The number of aromatic nitrogens is 2. The lowest BCUT2D eigenvalue weighted by Gasteiger charge is -2.01. The highest BCUT2D eigenvalue weighted by atomic mass is 32.1. The molecule has 0 fully saturated rings. The average Bonchev–Trinajstić information content (AvgIpc) is 2.80. The Balaban J connectivity index is 2.47. The zero-order chi connectivity index (χ0) is 9.97. The van der Waals surface area contributed by atoms with Gasteiger partial charge in [0.1, 0.15) is 5.71 Å². The van der Waals surface area contributed by atoms with Crippen LogP contribution in [0.2, 0.25) is 0 Å². The first kappa shape index (κ1) is 8.96. The second-order valence-electron chi connectivity index (χ2n) is 2.85. The van der Waals surface area contributed by atoms with Crippen LogP contribution < -0.4 is 0 Å². The molecule has 0 aliphatic heterocycles. The first-order chi connectivity index (χ1) is 6.83. The monoisotopic (exact) mass is 207 g/mol. The third-order valence-electron chi connectivity index (χ3n) is 1.95. The molecular weight excluding hydrogens is 198 g/mol. The second kappa shape index (κ2) is 3.63. The largest absolute Gasteiger partial charge is 0.410 e. The second-order valence-corrected chi connectivity index (χ2v) is 3.63. The molecule has 0 aliphatic carbocycles. The number of nitrogens with zero attached hydrogens (tertiary/aromatic N) is 3. The summed E-state index contributed by atoms with van der Waals surface area (Å²) in [7, 11) is 1.86. The third kappa shape index (κ3) is 1.42. The van der Waals surface area contributed by atoms with Gasteiger partial charge in [0.05, 0.1) is 18.2 Å². The fourth-order valence-electron chi connectivity index (χ4n) is 1.24. The molecule has 2 rings (SSSR count). The Morgan fingerprint density at radius 3 is 3.00 bits per heavy atom. The number of aryl methyl sites for hydroxylation is 1. The van der Waals surface area contributed by atoms with Gasteiger partial charge in [-0.05, 0) is 11.4 Å². The summed E-state index contributed by atoms with van der Waals surface area (Å²) >= 11 is 1.56. The van der Waals surface area contributed by atoms with E-state index in [1.165, 1.54) is 0 Å². The summed E-state index contributed by atoms with van der Waals surface area (Å²) < 4.78 is 1.81. The van der Waals surface area contributed by atoms with E-state index < -0.39 is 0 Å². The Hall–Kier alpha value is -1.62. The maximum absolute atomic E-state index is 8.95. The Morgan fingerprint density at radius 1 is 1.64 bits per heavy atom. The Labute approximate surface area is 85.1 Å². The molecule has 0 saturated carbocycles. The molecule has 4 nitrogen and oxygen atoms in total. The highest BCUT2D eigenvalue weighted by Gasteiger charge is 2.11. The molecule has 0 radical (unpaired) electrons. The zero-order valence-electron chi connectivity index (χ0n) is 7.58. The predicted octanol–water partition coefficient (Wildman–Crippen LogP) is 1.71. The molecule has 0 amide bonds. The molecule has 0 atom stereocenters. The first-order valence-electron chi connectivity index (χ1n) is 4.04. The van der Waals surface area contributed by atoms with E-state index in [2.05, 4.69) is 10.1 Å². The minimum absolute atomic E-state index is 0.547. The molecule has 5 heteroatoms. The standard InChI is InChI=1S/C9H9N3OS/c1-12-6-10-4-8(12)9(11-13)7-2-3-14-5-7/h2-6,13H,1H3/b11-9+. The van der Waals surface area contributed by atoms with E-state index in [0.29, 0.717) is 5.71 Å². The maximum Gasteiger partial charge on any atom is 0.135 e. The molecule has 0 aliphatic rings. The zero-order valence-corrected chi connectivity index (χ0v) is 8.40. The van der Waals surface area contributed by atoms with Gasteiger partial charge >= 0.3 is 0 Å². The maximum atomic E-state index is 8.95. The van der Waals surface area contributed by atoms with Gasteiger partial charge in [-0.1, -0.05) is 5.16 Å². The summed E-state index contributed by atoms with van der Waals surface area (Å²) in [5.74, 6) is 0. The lowest BCUT2D eigenvalue weighted by molar-refractivity contribution is 0.319. The smallest absolute Gasteiger partial charge is 0.135 e. The summed E-state index contributed by atoms with van der Waals surface area (Å²) in [6.45, 7) is 0. The highest BCUT2D eigenvalue weighted by Crippen LogP contribution is 2.12. The molecule has 14 heavy (non-hydrogen) atoms. The Morgan fingerprint density at radius 2 is 2.50 bits per heavy atom. The van der Waals surface area contributed by atoms with Gasteiger partial charge in [-0.3, -0.25) is 0 Å². The van der Waals surface area contributed by atoms with Gasteiger partial charge in [-0.15, -0.1) is 0 Å². The van der Waals surface area contributed by atoms with Crippen molar-refractivity contribution in [3.05, 3.63) is 40.6 Å². The lowest BCUT2D eigenvalue weighted by Crippen LogP contribution is -2.07. The Bertz CT molecular complexity index is 444. The van der Waals surface area contributed by atoms with E-state index in [1.54, 1.807) is 23.9 Å². The molecule has 0 spiro atoms. The number of rotatable bonds is 2. The molecule has 0 unspecified atom stereocenters. The van der Waals surface area contributed by atoms with Crippen LogP contribution in [0, 0.1) is 0 Å². The fraction of sp³-hybridized carbons (Fsp3) is 0.111. The van der Waals surface area contributed by atoms with Crippen LogP contribution in [-0.2, 0) is 7.05 Å². The van der Waals surface area contributed by atoms with Crippen LogP contribution in [-0.4, -0.2) is 20.5 Å². The Kier molecular flexibility index (Phi) is 2.32. The van der Waals surface area contributed by atoms with E-state index in [1.807, 2.05) is 28.4 Å². The number of oxime groups is 1. The third-order valence-corrected chi connectivity index (χ3v) is 2.64. The van der Waals surface area contributed by atoms with Gasteiger partial charge in [0.2, 0.25) is 0 Å². The minimum Gasteiger partial charge on any atom is -0.410 e. The van der Waals surface area contributed by atoms with Crippen molar-refractivity contribution in [2.24, 2.45) is 12.2 Å². The highest BCUT2D eigenvalue weighted by molar-refractivity contribution is 7.08. The van der Waals surface area contributed by atoms with Gasteiger partial charge in [0.15, 0.2) is 0 Å². The van der Waals surface area contributed by atoms with Crippen LogP contribution in [0.4, 0.5) is 0 Å². The average molecular weight is 207 g/mol. The van der Waals surface area contributed by atoms with E-state index in [-0.39, 0.29) is 0 Å². The van der Waals surface area contributed by atoms with Crippen LogP contribution in [0.1, 0.15) is 11.3 Å². The predicted molar refractivity (Wildman–Crippen MR) is 55.0 cm³/mol. The van der Waals surface area contributed by atoms with Crippen molar-refractivity contribution in [1.82, 2.24) is 9.55 Å². The first-order valence-corrected chi connectivity index (χ1v) is 4.98. The number of hydrogen-bond donors (Lipinski definition) is 1. The van der Waals surface area contributed by atoms with Gasteiger partial charge in [-0.25, -0.2) is 4.98 Å². The molecule has 72 valence electrons. The van der Waals surface area contributed by atoms with Crippen molar-refractivity contribution in [1.29, 1.82) is 0 Å². The van der Waals surface area contributed by atoms with Crippen molar-refractivity contribution in [2.45, 2.75) is 0 Å². The van der Waals surface area contributed by atoms with Gasteiger partial charge in [0.25, 0.3) is 0 Å². The van der Waals surface area contributed by atoms with Crippen molar-refractivity contribution in [3.8, 4) is 0 Å². The van der Waals surface area contributed by atoms with Gasteiger partial charge < -0.3 is 9.77 Å². The summed E-state index contributed by atoms with van der Waals surface area (Å²) in [4.78, 5) is 3.97. The topological polar surface area (TPSA) is 50.4 Å². The quantitative estimate of drug-likeness (QED) is 0.463. The van der Waals surface area contributed by atoms with Crippen molar-refractivity contribution in [3.63, 3.8) is 0 Å². The lowest BCUT2D eigenvalue weighted by atomic mass is 10.1. The molecule has 0 saturated heterocycles. The minimum atomic E-state index is 0.547. The number of imidazole rings is 1.